The first kappa shape index (κ1) is 8.27. The molecule has 0 bridgehead atoms. The fraction of sp³-hybridized carbons (Fsp3) is 0.125. The van der Waals surface area contributed by atoms with E-state index in [9.17, 15) is 0 Å². The van der Waals surface area contributed by atoms with Crippen molar-refractivity contribution in [3.63, 3.8) is 0 Å². The molecule has 1 aromatic carbocycles. The van der Waals surface area contributed by atoms with Gasteiger partial charge < -0.3 is 11.1 Å². The SMILES string of the molecule is CC(=N)c1cccc(Br)c1N. The molecule has 0 saturated carbocycles. The molecule has 0 heterocycles. The average Bonchev–Trinajstić information content (AvgIpc) is 1.94. The number of rotatable bonds is 1. The third kappa shape index (κ3) is 1.60. The maximum Gasteiger partial charge on any atom is 0.0550 e. The highest BCUT2D eigenvalue weighted by molar-refractivity contribution is 9.10. The predicted molar refractivity (Wildman–Crippen MR) is 51.1 cm³/mol. The highest BCUT2D eigenvalue weighted by Crippen LogP contribution is 2.22. The van der Waals surface area contributed by atoms with Crippen molar-refractivity contribution in [3.05, 3.63) is 28.2 Å². The molecule has 2 nitrogen and oxygen atoms in total. The zero-order valence-electron chi connectivity index (χ0n) is 6.19. The van der Waals surface area contributed by atoms with Crippen molar-refractivity contribution in [2.45, 2.75) is 6.92 Å². The van der Waals surface area contributed by atoms with E-state index in [2.05, 4.69) is 15.9 Å². The van der Waals surface area contributed by atoms with Crippen LogP contribution < -0.4 is 5.73 Å². The molecule has 3 heteroatoms. The summed E-state index contributed by atoms with van der Waals surface area (Å²) in [6.45, 7) is 1.72. The molecular weight excluding hydrogens is 204 g/mol. The van der Waals surface area contributed by atoms with Gasteiger partial charge in [0.1, 0.15) is 0 Å². The number of halogens is 1. The average molecular weight is 213 g/mol. The standard InChI is InChI=1S/C8H9BrN2/c1-5(10)6-3-2-4-7(9)8(6)11/h2-4,10H,11H2,1H3. The van der Waals surface area contributed by atoms with Gasteiger partial charge in [-0.05, 0) is 28.9 Å². The molecular formula is C8H9BrN2. The number of benzene rings is 1. The van der Waals surface area contributed by atoms with Crippen molar-refractivity contribution < 1.29 is 0 Å². The van der Waals surface area contributed by atoms with Gasteiger partial charge in [0, 0.05) is 15.7 Å². The highest BCUT2D eigenvalue weighted by atomic mass is 79.9. The number of anilines is 1. The van der Waals surface area contributed by atoms with Gasteiger partial charge in [0.05, 0.1) is 5.69 Å². The molecule has 0 aliphatic carbocycles. The van der Waals surface area contributed by atoms with Crippen LogP contribution in [-0.2, 0) is 0 Å². The molecule has 1 rings (SSSR count). The molecule has 0 aromatic heterocycles. The second-order valence-electron chi connectivity index (χ2n) is 2.33. The van der Waals surface area contributed by atoms with E-state index in [1.54, 1.807) is 6.92 Å². The fourth-order valence-electron chi connectivity index (χ4n) is 0.864. The van der Waals surface area contributed by atoms with Crippen LogP contribution in [0, 0.1) is 5.41 Å². The first-order valence-corrected chi connectivity index (χ1v) is 4.01. The van der Waals surface area contributed by atoms with Crippen molar-refractivity contribution in [3.8, 4) is 0 Å². The molecule has 0 aliphatic rings. The highest BCUT2D eigenvalue weighted by Gasteiger charge is 2.02. The molecule has 58 valence electrons. The summed E-state index contributed by atoms with van der Waals surface area (Å²) in [5, 5.41) is 7.37. The summed E-state index contributed by atoms with van der Waals surface area (Å²) >= 11 is 3.29. The van der Waals surface area contributed by atoms with E-state index >= 15 is 0 Å². The molecule has 0 amide bonds. The molecule has 11 heavy (non-hydrogen) atoms. The van der Waals surface area contributed by atoms with Gasteiger partial charge in [0.15, 0.2) is 0 Å². The lowest BCUT2D eigenvalue weighted by atomic mass is 10.1. The Hall–Kier alpha value is -0.830. The molecule has 0 fully saturated rings. The van der Waals surface area contributed by atoms with Gasteiger partial charge in [0.2, 0.25) is 0 Å². The maximum absolute atomic E-state index is 7.37. The number of hydrogen-bond donors (Lipinski definition) is 2. The van der Waals surface area contributed by atoms with E-state index in [-0.39, 0.29) is 0 Å². The Balaban J connectivity index is 3.27. The third-order valence-corrected chi connectivity index (χ3v) is 2.15. The lowest BCUT2D eigenvalue weighted by molar-refractivity contribution is 1.45. The van der Waals surface area contributed by atoms with E-state index in [0.717, 1.165) is 10.0 Å². The molecule has 0 aliphatic heterocycles. The quantitative estimate of drug-likeness (QED) is 0.546. The van der Waals surface area contributed by atoms with Crippen molar-refractivity contribution in [1.82, 2.24) is 0 Å². The number of nitrogen functional groups attached to an aromatic ring is 1. The van der Waals surface area contributed by atoms with Crippen molar-refractivity contribution in [2.24, 2.45) is 0 Å². The van der Waals surface area contributed by atoms with E-state index < -0.39 is 0 Å². The molecule has 0 unspecified atom stereocenters. The first-order chi connectivity index (χ1) is 5.13. The Bertz CT molecular complexity index is 294. The zero-order chi connectivity index (χ0) is 8.43. The Morgan fingerprint density at radius 1 is 1.55 bits per heavy atom. The van der Waals surface area contributed by atoms with Crippen LogP contribution in [0.4, 0.5) is 5.69 Å². The van der Waals surface area contributed by atoms with E-state index in [4.69, 9.17) is 11.1 Å². The summed E-state index contributed by atoms with van der Waals surface area (Å²) in [4.78, 5) is 0. The monoisotopic (exact) mass is 212 g/mol. The zero-order valence-corrected chi connectivity index (χ0v) is 7.77. The third-order valence-electron chi connectivity index (χ3n) is 1.46. The molecule has 0 spiro atoms. The lowest BCUT2D eigenvalue weighted by Crippen LogP contribution is -1.99. The topological polar surface area (TPSA) is 49.9 Å². The Morgan fingerprint density at radius 2 is 2.18 bits per heavy atom. The minimum Gasteiger partial charge on any atom is -0.397 e. The second kappa shape index (κ2) is 3.05. The summed E-state index contributed by atoms with van der Waals surface area (Å²) in [6, 6.07) is 5.57. The van der Waals surface area contributed by atoms with E-state index in [1.165, 1.54) is 0 Å². The largest absolute Gasteiger partial charge is 0.397 e. The minimum atomic E-state index is 0.490. The fourth-order valence-corrected chi connectivity index (χ4v) is 1.23. The number of nitrogens with one attached hydrogen (secondary N) is 1. The first-order valence-electron chi connectivity index (χ1n) is 3.22. The van der Waals surface area contributed by atoms with Crippen molar-refractivity contribution in [1.29, 1.82) is 5.41 Å². The van der Waals surface area contributed by atoms with E-state index in [1.807, 2.05) is 18.2 Å². The number of nitrogens with two attached hydrogens (primary N) is 1. The number of hydrogen-bond acceptors (Lipinski definition) is 2. The summed E-state index contributed by atoms with van der Waals surface area (Å²) < 4.78 is 0.849. The van der Waals surface area contributed by atoms with Crippen molar-refractivity contribution >= 4 is 27.3 Å². The second-order valence-corrected chi connectivity index (χ2v) is 3.18. The molecule has 3 N–H and O–H groups in total. The van der Waals surface area contributed by atoms with Crippen LogP contribution in [0.3, 0.4) is 0 Å². The minimum absolute atomic E-state index is 0.490. The normalized spacial score (nSPS) is 9.64. The van der Waals surface area contributed by atoms with Crippen LogP contribution in [0.25, 0.3) is 0 Å². The van der Waals surface area contributed by atoms with Gasteiger partial charge in [-0.3, -0.25) is 0 Å². The van der Waals surface area contributed by atoms with Crippen LogP contribution in [0.5, 0.6) is 0 Å². The van der Waals surface area contributed by atoms with Crippen LogP contribution in [0.1, 0.15) is 12.5 Å². The molecule has 0 atom stereocenters. The van der Waals surface area contributed by atoms with Crippen LogP contribution in [0.15, 0.2) is 22.7 Å². The van der Waals surface area contributed by atoms with Gasteiger partial charge in [-0.1, -0.05) is 12.1 Å². The molecule has 1 aromatic rings. The van der Waals surface area contributed by atoms with Gasteiger partial charge >= 0.3 is 0 Å². The predicted octanol–water partition coefficient (Wildman–Crippen LogP) is 2.42. The summed E-state index contributed by atoms with van der Waals surface area (Å²) in [7, 11) is 0. The van der Waals surface area contributed by atoms with Crippen LogP contribution in [0.2, 0.25) is 0 Å². The maximum atomic E-state index is 7.37. The van der Waals surface area contributed by atoms with Crippen LogP contribution >= 0.6 is 15.9 Å². The summed E-state index contributed by atoms with van der Waals surface area (Å²) in [5.41, 5.74) is 7.62. The molecule has 0 radical (unpaired) electrons. The summed E-state index contributed by atoms with van der Waals surface area (Å²) in [6.07, 6.45) is 0. The summed E-state index contributed by atoms with van der Waals surface area (Å²) in [5.74, 6) is 0. The molecule has 0 saturated heterocycles. The number of para-hydroxylation sites is 1. The van der Waals surface area contributed by atoms with Gasteiger partial charge in [-0.2, -0.15) is 0 Å². The van der Waals surface area contributed by atoms with Crippen LogP contribution in [-0.4, -0.2) is 5.71 Å². The van der Waals surface area contributed by atoms with Gasteiger partial charge in [0.25, 0.3) is 0 Å². The van der Waals surface area contributed by atoms with Gasteiger partial charge in [-0.15, -0.1) is 0 Å². The lowest BCUT2D eigenvalue weighted by Gasteiger charge is -2.04. The van der Waals surface area contributed by atoms with E-state index in [0.29, 0.717) is 11.4 Å². The Labute approximate surface area is 74.1 Å². The van der Waals surface area contributed by atoms with Crippen molar-refractivity contribution in [2.75, 3.05) is 5.73 Å². The Morgan fingerprint density at radius 3 is 2.64 bits per heavy atom. The smallest absolute Gasteiger partial charge is 0.0550 e. The van der Waals surface area contributed by atoms with Gasteiger partial charge in [-0.25, -0.2) is 0 Å². The Kier molecular flexibility index (Phi) is 2.29.